The number of hydrogen-bond donors (Lipinski definition) is 0. The van der Waals surface area contributed by atoms with Crippen molar-refractivity contribution in [3.8, 4) is 0 Å². The van der Waals surface area contributed by atoms with Crippen molar-refractivity contribution in [3.63, 3.8) is 0 Å². The van der Waals surface area contributed by atoms with Crippen molar-refractivity contribution in [2.24, 2.45) is 0 Å². The largest absolute Gasteiger partial charge is 0.345 e. The summed E-state index contributed by atoms with van der Waals surface area (Å²) in [5, 5.41) is 15.0. The summed E-state index contributed by atoms with van der Waals surface area (Å²) in [5.74, 6) is 0. The third-order valence-electron chi connectivity index (χ3n) is 4.64. The molecule has 0 saturated carbocycles. The van der Waals surface area contributed by atoms with Crippen LogP contribution in [0.3, 0.4) is 0 Å². The Labute approximate surface area is 172 Å². The molecule has 0 aliphatic carbocycles. The highest BCUT2D eigenvalue weighted by molar-refractivity contribution is 7.15. The number of anilines is 1. The predicted molar refractivity (Wildman–Crippen MR) is 113 cm³/mol. The van der Waals surface area contributed by atoms with E-state index in [1.165, 1.54) is 11.3 Å². The fraction of sp³-hybridized carbons (Fsp3) is 0.421. The fourth-order valence-electron chi connectivity index (χ4n) is 3.25. The Bertz CT molecular complexity index is 876. The minimum Gasteiger partial charge on any atom is -0.345 e. The smallest absolute Gasteiger partial charge is 0.208 e. The van der Waals surface area contributed by atoms with Gasteiger partial charge >= 0.3 is 0 Å². The zero-order chi connectivity index (χ0) is 18.6. The van der Waals surface area contributed by atoms with Crippen LogP contribution in [-0.4, -0.2) is 46.3 Å². The first-order chi connectivity index (χ1) is 13.2. The van der Waals surface area contributed by atoms with Crippen molar-refractivity contribution >= 4 is 39.4 Å². The quantitative estimate of drug-likeness (QED) is 0.618. The minimum absolute atomic E-state index is 0.763. The summed E-state index contributed by atoms with van der Waals surface area (Å²) in [4.78, 5) is 9.46. The fourth-order valence-corrected chi connectivity index (χ4v) is 4.91. The molecule has 3 heterocycles. The molecule has 1 aromatic carbocycles. The molecular weight excluding hydrogens is 398 g/mol. The highest BCUT2D eigenvalue weighted by Crippen LogP contribution is 2.24. The summed E-state index contributed by atoms with van der Waals surface area (Å²) in [5.41, 5.74) is 2.40. The van der Waals surface area contributed by atoms with E-state index in [0.717, 1.165) is 65.7 Å². The van der Waals surface area contributed by atoms with Crippen molar-refractivity contribution in [3.05, 3.63) is 55.9 Å². The molecule has 1 saturated heterocycles. The van der Waals surface area contributed by atoms with Gasteiger partial charge in [-0.25, -0.2) is 4.98 Å². The van der Waals surface area contributed by atoms with Crippen LogP contribution in [0.1, 0.15) is 27.7 Å². The maximum absolute atomic E-state index is 5.96. The molecule has 1 fully saturated rings. The first-order valence-corrected chi connectivity index (χ1v) is 11.2. The van der Waals surface area contributed by atoms with Gasteiger partial charge in [0.05, 0.1) is 10.7 Å². The third-order valence-corrected chi connectivity index (χ3v) is 6.69. The molecule has 3 aromatic rings. The van der Waals surface area contributed by atoms with E-state index in [2.05, 4.69) is 37.3 Å². The average Bonchev–Trinajstić information content (AvgIpc) is 3.21. The van der Waals surface area contributed by atoms with Crippen LogP contribution in [-0.2, 0) is 13.0 Å². The summed E-state index contributed by atoms with van der Waals surface area (Å²) in [6.07, 6.45) is 1.94. The van der Waals surface area contributed by atoms with E-state index in [-0.39, 0.29) is 0 Å². The van der Waals surface area contributed by atoms with Crippen LogP contribution >= 0.6 is 34.3 Å². The van der Waals surface area contributed by atoms with Crippen LogP contribution in [0.25, 0.3) is 0 Å². The number of hydrogen-bond acceptors (Lipinski definition) is 7. The lowest BCUT2D eigenvalue weighted by atomic mass is 10.2. The van der Waals surface area contributed by atoms with Crippen molar-refractivity contribution in [2.45, 2.75) is 26.3 Å². The minimum atomic E-state index is 0.763. The molecule has 0 N–H and O–H groups in total. The molecule has 1 aliphatic heterocycles. The van der Waals surface area contributed by atoms with Crippen LogP contribution in [0, 0.1) is 6.92 Å². The van der Waals surface area contributed by atoms with E-state index >= 15 is 0 Å². The average molecular weight is 420 g/mol. The lowest BCUT2D eigenvalue weighted by Gasteiger charge is -2.20. The van der Waals surface area contributed by atoms with E-state index in [9.17, 15) is 0 Å². The van der Waals surface area contributed by atoms with Crippen molar-refractivity contribution in [1.82, 2.24) is 20.1 Å². The topological polar surface area (TPSA) is 45.2 Å². The molecule has 4 rings (SSSR count). The molecule has 142 valence electrons. The first-order valence-electron chi connectivity index (χ1n) is 9.11. The van der Waals surface area contributed by atoms with Gasteiger partial charge in [0.1, 0.15) is 5.01 Å². The van der Waals surface area contributed by atoms with Gasteiger partial charge in [0.25, 0.3) is 0 Å². The van der Waals surface area contributed by atoms with Crippen molar-refractivity contribution in [1.29, 1.82) is 0 Å². The van der Waals surface area contributed by atoms with Gasteiger partial charge in [0.15, 0.2) is 0 Å². The van der Waals surface area contributed by atoms with Crippen LogP contribution < -0.4 is 4.90 Å². The van der Waals surface area contributed by atoms with E-state index in [1.54, 1.807) is 22.7 Å². The van der Waals surface area contributed by atoms with E-state index in [0.29, 0.717) is 0 Å². The van der Waals surface area contributed by atoms with E-state index in [1.807, 2.05) is 24.3 Å². The van der Waals surface area contributed by atoms with Gasteiger partial charge in [-0.2, -0.15) is 0 Å². The second-order valence-electron chi connectivity index (χ2n) is 6.76. The zero-order valence-electron chi connectivity index (χ0n) is 15.3. The summed E-state index contributed by atoms with van der Waals surface area (Å²) in [6, 6.07) is 7.94. The number of halogens is 1. The van der Waals surface area contributed by atoms with Crippen molar-refractivity contribution < 1.29 is 0 Å². The normalized spacial score (nSPS) is 15.9. The molecule has 0 amide bonds. The third kappa shape index (κ3) is 5.04. The number of rotatable bonds is 5. The molecule has 5 nitrogen and oxygen atoms in total. The van der Waals surface area contributed by atoms with Crippen LogP contribution in [0.2, 0.25) is 5.02 Å². The lowest BCUT2D eigenvalue weighted by Crippen LogP contribution is -2.30. The maximum Gasteiger partial charge on any atom is 0.208 e. The maximum atomic E-state index is 5.96. The van der Waals surface area contributed by atoms with Crippen LogP contribution in [0.15, 0.2) is 29.6 Å². The predicted octanol–water partition coefficient (Wildman–Crippen LogP) is 4.26. The molecule has 8 heteroatoms. The molecule has 0 radical (unpaired) electrons. The molecule has 0 spiro atoms. The molecule has 2 aromatic heterocycles. The Kier molecular flexibility index (Phi) is 6.02. The molecule has 27 heavy (non-hydrogen) atoms. The Hall–Kier alpha value is -1.54. The van der Waals surface area contributed by atoms with E-state index < -0.39 is 0 Å². The molecule has 1 aliphatic rings. The van der Waals surface area contributed by atoms with Gasteiger partial charge in [0, 0.05) is 49.5 Å². The van der Waals surface area contributed by atoms with Gasteiger partial charge < -0.3 is 4.90 Å². The van der Waals surface area contributed by atoms with E-state index in [4.69, 9.17) is 11.6 Å². The van der Waals surface area contributed by atoms with Gasteiger partial charge in [-0.3, -0.25) is 4.90 Å². The Morgan fingerprint density at radius 1 is 1.07 bits per heavy atom. The van der Waals surface area contributed by atoms with Crippen LogP contribution in [0.5, 0.6) is 0 Å². The summed E-state index contributed by atoms with van der Waals surface area (Å²) >= 11 is 9.39. The molecule has 0 bridgehead atoms. The number of benzene rings is 1. The second-order valence-corrected chi connectivity index (χ2v) is 9.30. The standard InChI is InChI=1S/C19H22ClN5S2/c1-14-21-17(13-26-14)12-24-7-2-8-25(10-9-24)19-23-22-18(27-19)11-15-3-5-16(20)6-4-15/h3-6,13H,2,7-12H2,1H3. The Balaban J connectivity index is 1.35. The number of aromatic nitrogens is 3. The highest BCUT2D eigenvalue weighted by Gasteiger charge is 2.19. The van der Waals surface area contributed by atoms with Gasteiger partial charge in [-0.05, 0) is 31.0 Å². The summed E-state index contributed by atoms with van der Waals surface area (Å²) in [7, 11) is 0. The Morgan fingerprint density at radius 2 is 1.93 bits per heavy atom. The van der Waals surface area contributed by atoms with Crippen molar-refractivity contribution in [2.75, 3.05) is 31.1 Å². The van der Waals surface area contributed by atoms with Crippen LogP contribution in [0.4, 0.5) is 5.13 Å². The number of thiazole rings is 1. The molecule has 0 unspecified atom stereocenters. The molecular formula is C19H22ClN5S2. The van der Waals surface area contributed by atoms with Gasteiger partial charge in [-0.15, -0.1) is 21.5 Å². The van der Waals surface area contributed by atoms with Gasteiger partial charge in [0.2, 0.25) is 5.13 Å². The SMILES string of the molecule is Cc1nc(CN2CCCN(c3nnc(Cc4ccc(Cl)cc4)s3)CC2)cs1. The monoisotopic (exact) mass is 419 g/mol. The Morgan fingerprint density at radius 3 is 2.70 bits per heavy atom. The highest BCUT2D eigenvalue weighted by atomic mass is 35.5. The lowest BCUT2D eigenvalue weighted by molar-refractivity contribution is 0.282. The summed E-state index contributed by atoms with van der Waals surface area (Å²) in [6.45, 7) is 7.15. The first kappa shape index (κ1) is 18.8. The zero-order valence-corrected chi connectivity index (χ0v) is 17.7. The van der Waals surface area contributed by atoms with Gasteiger partial charge in [-0.1, -0.05) is 35.1 Å². The summed E-state index contributed by atoms with van der Waals surface area (Å²) < 4.78 is 0. The number of aryl methyl sites for hydroxylation is 1. The molecule has 0 atom stereocenters. The number of nitrogens with zero attached hydrogens (tertiary/aromatic N) is 5. The second kappa shape index (κ2) is 8.65.